The number of hydrogen-bond donors (Lipinski definition) is 0. The van der Waals surface area contributed by atoms with Crippen LogP contribution in [0.3, 0.4) is 0 Å². The Morgan fingerprint density at radius 3 is 3.13 bits per heavy atom. The summed E-state index contributed by atoms with van der Waals surface area (Å²) < 4.78 is 8.35. The number of carbonyl (C=O) groups excluding carboxylic acids is 1. The van der Waals surface area contributed by atoms with Crippen LogP contribution < -0.4 is 0 Å². The Labute approximate surface area is 134 Å². The molecule has 1 atom stereocenters. The summed E-state index contributed by atoms with van der Waals surface area (Å²) in [4.78, 5) is 18.2. The van der Waals surface area contributed by atoms with E-state index in [9.17, 15) is 4.79 Å². The number of methoxy groups -OCH3 is 1. The first-order valence-corrected chi connectivity index (χ1v) is 7.80. The summed E-state index contributed by atoms with van der Waals surface area (Å²) in [6.07, 6.45) is 5.34. The van der Waals surface area contributed by atoms with Crippen LogP contribution in [0.2, 0.25) is 0 Å². The number of piperidine rings is 1. The molecular weight excluding hydrogens is 298 g/mol. The van der Waals surface area contributed by atoms with E-state index in [1.165, 1.54) is 7.11 Å². The highest BCUT2D eigenvalue weighted by atomic mass is 16.5. The molecule has 23 heavy (non-hydrogen) atoms. The van der Waals surface area contributed by atoms with Gasteiger partial charge in [-0.2, -0.15) is 5.10 Å². The Hall–Kier alpha value is -2.29. The Morgan fingerprint density at radius 1 is 1.48 bits per heavy atom. The molecule has 0 spiro atoms. The molecule has 1 aliphatic rings. The number of nitrogens with zero attached hydrogens (tertiary/aromatic N) is 7. The monoisotopic (exact) mass is 319 g/mol. The van der Waals surface area contributed by atoms with Gasteiger partial charge in [0.2, 0.25) is 0 Å². The number of rotatable bonds is 5. The standard InChI is InChI=1S/C14H21N7O2/c1-3-20-13(15-10-16-20)9-19-6-4-5-11(7-19)21-8-12(17-18-21)14(22)23-2/h8,10-11H,3-7,9H2,1-2H3/t11-/m0/s1. The lowest BCUT2D eigenvalue weighted by Gasteiger charge is -2.32. The quantitative estimate of drug-likeness (QED) is 0.742. The maximum atomic E-state index is 11.5. The number of aromatic nitrogens is 6. The zero-order chi connectivity index (χ0) is 16.2. The maximum Gasteiger partial charge on any atom is 0.360 e. The van der Waals surface area contributed by atoms with Crippen LogP contribution >= 0.6 is 0 Å². The van der Waals surface area contributed by atoms with Gasteiger partial charge in [0.15, 0.2) is 5.69 Å². The predicted octanol–water partition coefficient (Wildman–Crippen LogP) is 0.513. The number of ether oxygens (including phenoxy) is 1. The molecule has 0 aliphatic carbocycles. The molecule has 0 N–H and O–H groups in total. The van der Waals surface area contributed by atoms with E-state index in [2.05, 4.69) is 37.0 Å². The third kappa shape index (κ3) is 3.39. The highest BCUT2D eigenvalue weighted by Gasteiger charge is 2.24. The van der Waals surface area contributed by atoms with Crippen LogP contribution in [0.4, 0.5) is 0 Å². The summed E-state index contributed by atoms with van der Waals surface area (Å²) >= 11 is 0. The summed E-state index contributed by atoms with van der Waals surface area (Å²) in [5.74, 6) is 0.516. The molecule has 1 aliphatic heterocycles. The van der Waals surface area contributed by atoms with Crippen molar-refractivity contribution in [2.75, 3.05) is 20.2 Å². The first kappa shape index (κ1) is 15.6. The lowest BCUT2D eigenvalue weighted by molar-refractivity contribution is 0.0594. The smallest absolute Gasteiger partial charge is 0.360 e. The molecule has 2 aromatic rings. The van der Waals surface area contributed by atoms with E-state index in [-0.39, 0.29) is 11.7 Å². The van der Waals surface area contributed by atoms with E-state index in [1.807, 2.05) is 4.68 Å². The molecule has 0 saturated carbocycles. The van der Waals surface area contributed by atoms with Crippen LogP contribution in [0.5, 0.6) is 0 Å². The molecule has 1 fully saturated rings. The lowest BCUT2D eigenvalue weighted by Crippen LogP contribution is -2.37. The molecule has 0 bridgehead atoms. The highest BCUT2D eigenvalue weighted by molar-refractivity contribution is 5.86. The van der Waals surface area contributed by atoms with Crippen molar-refractivity contribution < 1.29 is 9.53 Å². The van der Waals surface area contributed by atoms with Gasteiger partial charge in [0.1, 0.15) is 12.2 Å². The van der Waals surface area contributed by atoms with Crippen molar-refractivity contribution in [1.29, 1.82) is 0 Å². The summed E-state index contributed by atoms with van der Waals surface area (Å²) in [6.45, 7) is 5.51. The van der Waals surface area contributed by atoms with Crippen molar-refractivity contribution in [1.82, 2.24) is 34.7 Å². The fraction of sp³-hybridized carbons (Fsp3) is 0.643. The van der Waals surface area contributed by atoms with Gasteiger partial charge in [-0.15, -0.1) is 5.10 Å². The molecule has 2 aromatic heterocycles. The van der Waals surface area contributed by atoms with Crippen molar-refractivity contribution in [3.05, 3.63) is 24.0 Å². The van der Waals surface area contributed by atoms with Crippen molar-refractivity contribution in [2.45, 2.75) is 38.9 Å². The van der Waals surface area contributed by atoms with E-state index in [1.54, 1.807) is 17.2 Å². The Bertz CT molecular complexity index is 666. The van der Waals surface area contributed by atoms with Crippen LogP contribution in [0.15, 0.2) is 12.5 Å². The SMILES string of the molecule is CCn1ncnc1CN1CCC[C@H](n2cc(C(=O)OC)nn2)C1. The second-order valence-corrected chi connectivity index (χ2v) is 5.60. The zero-order valence-corrected chi connectivity index (χ0v) is 13.4. The minimum absolute atomic E-state index is 0.202. The minimum Gasteiger partial charge on any atom is -0.464 e. The van der Waals surface area contributed by atoms with E-state index >= 15 is 0 Å². The Kier molecular flexibility index (Phi) is 4.65. The molecule has 3 heterocycles. The molecule has 9 heteroatoms. The van der Waals surface area contributed by atoms with Crippen LogP contribution in [0.25, 0.3) is 0 Å². The number of hydrogen-bond acceptors (Lipinski definition) is 7. The zero-order valence-electron chi connectivity index (χ0n) is 13.4. The summed E-state index contributed by atoms with van der Waals surface area (Å²) in [5.41, 5.74) is 0.246. The fourth-order valence-corrected chi connectivity index (χ4v) is 2.92. The fourth-order valence-electron chi connectivity index (χ4n) is 2.92. The number of esters is 1. The summed E-state index contributed by atoms with van der Waals surface area (Å²) in [5, 5.41) is 12.2. The van der Waals surface area contributed by atoms with Gasteiger partial charge < -0.3 is 4.74 Å². The van der Waals surface area contributed by atoms with Gasteiger partial charge in [0.05, 0.1) is 25.9 Å². The molecule has 0 unspecified atom stereocenters. The first-order chi connectivity index (χ1) is 11.2. The van der Waals surface area contributed by atoms with E-state index in [0.717, 1.165) is 44.8 Å². The van der Waals surface area contributed by atoms with Crippen LogP contribution in [0, 0.1) is 0 Å². The Balaban J connectivity index is 1.66. The maximum absolute atomic E-state index is 11.5. The average molecular weight is 319 g/mol. The van der Waals surface area contributed by atoms with Gasteiger partial charge in [0.25, 0.3) is 0 Å². The predicted molar refractivity (Wildman–Crippen MR) is 80.6 cm³/mol. The molecule has 0 aromatic carbocycles. The van der Waals surface area contributed by atoms with Gasteiger partial charge in [-0.1, -0.05) is 5.21 Å². The van der Waals surface area contributed by atoms with Gasteiger partial charge >= 0.3 is 5.97 Å². The molecule has 124 valence electrons. The number of aryl methyl sites for hydroxylation is 1. The second-order valence-electron chi connectivity index (χ2n) is 5.60. The van der Waals surface area contributed by atoms with Crippen molar-refractivity contribution in [3.8, 4) is 0 Å². The molecule has 1 saturated heterocycles. The molecule has 0 amide bonds. The van der Waals surface area contributed by atoms with Crippen molar-refractivity contribution in [3.63, 3.8) is 0 Å². The van der Waals surface area contributed by atoms with Gasteiger partial charge in [-0.25, -0.2) is 19.1 Å². The summed E-state index contributed by atoms with van der Waals surface area (Å²) in [6, 6.07) is 0.202. The third-order valence-electron chi connectivity index (χ3n) is 4.12. The van der Waals surface area contributed by atoms with Gasteiger partial charge in [0, 0.05) is 13.1 Å². The summed E-state index contributed by atoms with van der Waals surface area (Å²) in [7, 11) is 1.34. The van der Waals surface area contributed by atoms with Crippen molar-refractivity contribution in [2.24, 2.45) is 0 Å². The van der Waals surface area contributed by atoms with E-state index in [0.29, 0.717) is 0 Å². The topological polar surface area (TPSA) is 91.0 Å². The van der Waals surface area contributed by atoms with Crippen molar-refractivity contribution >= 4 is 5.97 Å². The first-order valence-electron chi connectivity index (χ1n) is 7.80. The molecule has 3 rings (SSSR count). The Morgan fingerprint density at radius 2 is 2.35 bits per heavy atom. The second kappa shape index (κ2) is 6.86. The largest absolute Gasteiger partial charge is 0.464 e. The molecule has 0 radical (unpaired) electrons. The third-order valence-corrected chi connectivity index (χ3v) is 4.12. The number of likely N-dealkylation sites (tertiary alicyclic amines) is 1. The van der Waals surface area contributed by atoms with E-state index < -0.39 is 5.97 Å². The van der Waals surface area contributed by atoms with Crippen LogP contribution in [-0.4, -0.2) is 60.8 Å². The van der Waals surface area contributed by atoms with E-state index in [4.69, 9.17) is 0 Å². The lowest BCUT2D eigenvalue weighted by atomic mass is 10.1. The molecular formula is C14H21N7O2. The normalized spacial score (nSPS) is 19.0. The average Bonchev–Trinajstić information content (AvgIpc) is 3.23. The van der Waals surface area contributed by atoms with Crippen LogP contribution in [-0.2, 0) is 17.8 Å². The highest BCUT2D eigenvalue weighted by Crippen LogP contribution is 2.22. The molecule has 9 nitrogen and oxygen atoms in total. The van der Waals surface area contributed by atoms with Gasteiger partial charge in [-0.3, -0.25) is 4.90 Å². The number of carbonyl (C=O) groups is 1. The minimum atomic E-state index is -0.458. The van der Waals surface area contributed by atoms with Crippen LogP contribution in [0.1, 0.15) is 42.1 Å². The van der Waals surface area contributed by atoms with Gasteiger partial charge in [-0.05, 0) is 26.3 Å².